The van der Waals surface area contributed by atoms with Gasteiger partial charge in [-0.3, -0.25) is 0 Å². The first-order valence-corrected chi connectivity index (χ1v) is 10.4. The van der Waals surface area contributed by atoms with Gasteiger partial charge in [0.2, 0.25) is 0 Å². The van der Waals surface area contributed by atoms with Gasteiger partial charge in [-0.1, -0.05) is 36.7 Å². The van der Waals surface area contributed by atoms with Crippen LogP contribution in [-0.2, 0) is 16.1 Å². The van der Waals surface area contributed by atoms with E-state index in [2.05, 4.69) is 10.6 Å². The van der Waals surface area contributed by atoms with Crippen LogP contribution in [0.15, 0.2) is 53.7 Å². The second-order valence-electron chi connectivity index (χ2n) is 6.83. The van der Waals surface area contributed by atoms with Crippen molar-refractivity contribution >= 4 is 23.6 Å². The fourth-order valence-electron chi connectivity index (χ4n) is 3.38. The van der Waals surface area contributed by atoms with Crippen LogP contribution in [-0.4, -0.2) is 25.7 Å². The molecular weight excluding hydrogens is 420 g/mol. The quantitative estimate of drug-likeness (QED) is 0.585. The lowest BCUT2D eigenvalue weighted by molar-refractivity contribution is -0.136. The molecule has 0 aliphatic carbocycles. The Hall–Kier alpha value is -3.19. The van der Waals surface area contributed by atoms with Crippen molar-refractivity contribution in [2.75, 3.05) is 13.7 Å². The topological polar surface area (TPSA) is 85.9 Å². The number of ether oxygens (including phenoxy) is 3. The van der Waals surface area contributed by atoms with E-state index in [-0.39, 0.29) is 6.03 Å². The van der Waals surface area contributed by atoms with E-state index in [0.29, 0.717) is 53.0 Å². The van der Waals surface area contributed by atoms with Crippen LogP contribution in [0.2, 0.25) is 5.02 Å². The van der Waals surface area contributed by atoms with E-state index in [4.69, 9.17) is 25.8 Å². The lowest BCUT2D eigenvalue weighted by atomic mass is 9.94. The Labute approximate surface area is 186 Å². The summed E-state index contributed by atoms with van der Waals surface area (Å²) in [5, 5.41) is 6.12. The highest BCUT2D eigenvalue weighted by atomic mass is 35.5. The molecule has 31 heavy (non-hydrogen) atoms. The van der Waals surface area contributed by atoms with Gasteiger partial charge in [0.05, 0.1) is 25.3 Å². The molecule has 8 heteroatoms. The fourth-order valence-corrected chi connectivity index (χ4v) is 3.59. The Morgan fingerprint density at radius 2 is 1.90 bits per heavy atom. The molecule has 1 heterocycles. The van der Waals surface area contributed by atoms with Gasteiger partial charge in [-0.15, -0.1) is 0 Å². The molecule has 2 amide bonds. The highest BCUT2D eigenvalue weighted by Gasteiger charge is 2.33. The van der Waals surface area contributed by atoms with Crippen molar-refractivity contribution in [1.82, 2.24) is 10.6 Å². The molecule has 2 aromatic rings. The van der Waals surface area contributed by atoms with Gasteiger partial charge in [-0.05, 0) is 48.7 Å². The molecular formula is C23H25ClN2O5. The number of urea groups is 1. The van der Waals surface area contributed by atoms with E-state index < -0.39 is 12.0 Å². The Morgan fingerprint density at radius 3 is 2.58 bits per heavy atom. The Kier molecular flexibility index (Phi) is 7.41. The lowest BCUT2D eigenvalue weighted by Crippen LogP contribution is -2.45. The predicted octanol–water partition coefficient (Wildman–Crippen LogP) is 4.51. The maximum Gasteiger partial charge on any atom is 0.337 e. The third-order valence-electron chi connectivity index (χ3n) is 4.80. The standard InChI is InChI=1S/C23H25ClN2O5/c1-4-17-20(22(27)29-3)21(26-23(28)25-17)15-9-10-18(19(12-15)30-5-2)31-13-14-7-6-8-16(24)11-14/h6-12,21H,4-5,13H2,1-3H3,(H2,25,26,28). The molecule has 2 aromatic carbocycles. The predicted molar refractivity (Wildman–Crippen MR) is 117 cm³/mol. The van der Waals surface area contributed by atoms with E-state index in [1.807, 2.05) is 32.0 Å². The van der Waals surface area contributed by atoms with Crippen molar-refractivity contribution < 1.29 is 23.8 Å². The molecule has 2 N–H and O–H groups in total. The van der Waals surface area contributed by atoms with Crippen LogP contribution < -0.4 is 20.1 Å². The van der Waals surface area contributed by atoms with Crippen molar-refractivity contribution in [1.29, 1.82) is 0 Å². The van der Waals surface area contributed by atoms with Crippen molar-refractivity contribution in [3.63, 3.8) is 0 Å². The highest BCUT2D eigenvalue weighted by Crippen LogP contribution is 2.35. The molecule has 1 unspecified atom stereocenters. The summed E-state index contributed by atoms with van der Waals surface area (Å²) < 4.78 is 16.7. The van der Waals surface area contributed by atoms with Gasteiger partial charge in [0.25, 0.3) is 0 Å². The number of benzene rings is 2. The Bertz CT molecular complexity index is 1010. The van der Waals surface area contributed by atoms with Crippen molar-refractivity contribution in [3.8, 4) is 11.5 Å². The second-order valence-corrected chi connectivity index (χ2v) is 7.26. The van der Waals surface area contributed by atoms with Crippen molar-refractivity contribution in [2.45, 2.75) is 32.9 Å². The number of hydrogen-bond donors (Lipinski definition) is 2. The molecule has 3 rings (SSSR count). The molecule has 164 valence electrons. The molecule has 0 saturated heterocycles. The van der Waals surface area contributed by atoms with Gasteiger partial charge < -0.3 is 24.8 Å². The van der Waals surface area contributed by atoms with E-state index in [0.717, 1.165) is 5.56 Å². The fraction of sp³-hybridized carbons (Fsp3) is 0.304. The molecule has 0 aromatic heterocycles. The minimum Gasteiger partial charge on any atom is -0.490 e. The average Bonchev–Trinajstić information content (AvgIpc) is 2.77. The number of hydrogen-bond acceptors (Lipinski definition) is 5. The van der Waals surface area contributed by atoms with Crippen LogP contribution in [0.3, 0.4) is 0 Å². The maximum absolute atomic E-state index is 12.5. The van der Waals surface area contributed by atoms with Gasteiger partial charge in [0, 0.05) is 10.7 Å². The number of esters is 1. The molecule has 1 aliphatic rings. The molecule has 1 atom stereocenters. The summed E-state index contributed by atoms with van der Waals surface area (Å²) in [6.45, 7) is 4.47. The first-order valence-electron chi connectivity index (χ1n) is 9.99. The third-order valence-corrected chi connectivity index (χ3v) is 5.03. The molecule has 0 fully saturated rings. The minimum atomic E-state index is -0.669. The van der Waals surface area contributed by atoms with E-state index in [9.17, 15) is 9.59 Å². The van der Waals surface area contributed by atoms with Crippen LogP contribution in [0.1, 0.15) is 37.4 Å². The smallest absolute Gasteiger partial charge is 0.337 e. The Morgan fingerprint density at radius 1 is 1.10 bits per heavy atom. The number of amides is 2. The number of allylic oxidation sites excluding steroid dienone is 1. The van der Waals surface area contributed by atoms with Crippen LogP contribution in [0.25, 0.3) is 0 Å². The normalized spacial score (nSPS) is 15.7. The maximum atomic E-state index is 12.5. The summed E-state index contributed by atoms with van der Waals surface area (Å²) in [5.41, 5.74) is 2.49. The van der Waals surface area contributed by atoms with E-state index in [1.54, 1.807) is 24.3 Å². The van der Waals surface area contributed by atoms with Crippen molar-refractivity contribution in [2.24, 2.45) is 0 Å². The summed E-state index contributed by atoms with van der Waals surface area (Å²) in [6.07, 6.45) is 0.480. The van der Waals surface area contributed by atoms with E-state index in [1.165, 1.54) is 7.11 Å². The first kappa shape index (κ1) is 22.5. The summed E-state index contributed by atoms with van der Waals surface area (Å²) in [4.78, 5) is 24.6. The number of nitrogens with one attached hydrogen (secondary N) is 2. The van der Waals surface area contributed by atoms with Gasteiger partial charge in [-0.2, -0.15) is 0 Å². The third kappa shape index (κ3) is 5.30. The zero-order chi connectivity index (χ0) is 22.4. The Balaban J connectivity index is 1.93. The van der Waals surface area contributed by atoms with Crippen LogP contribution in [0.5, 0.6) is 11.5 Å². The van der Waals surface area contributed by atoms with Crippen molar-refractivity contribution in [3.05, 3.63) is 69.9 Å². The molecule has 0 radical (unpaired) electrons. The molecule has 7 nitrogen and oxygen atoms in total. The summed E-state index contributed by atoms with van der Waals surface area (Å²) in [7, 11) is 1.31. The number of methoxy groups -OCH3 is 1. The first-order chi connectivity index (χ1) is 15.0. The summed E-state index contributed by atoms with van der Waals surface area (Å²) in [6, 6.07) is 11.7. The SMILES string of the molecule is CCOc1cc(C2NC(=O)NC(CC)=C2C(=O)OC)ccc1OCc1cccc(Cl)c1. The number of carbonyl (C=O) groups excluding carboxylic acids is 2. The lowest BCUT2D eigenvalue weighted by Gasteiger charge is -2.29. The van der Waals surface area contributed by atoms with E-state index >= 15 is 0 Å². The average molecular weight is 445 g/mol. The van der Waals surface area contributed by atoms with Gasteiger partial charge in [0.15, 0.2) is 11.5 Å². The largest absolute Gasteiger partial charge is 0.490 e. The van der Waals surface area contributed by atoms with Crippen LogP contribution >= 0.6 is 11.6 Å². The van der Waals surface area contributed by atoms with Crippen LogP contribution in [0, 0.1) is 0 Å². The number of carbonyl (C=O) groups is 2. The monoisotopic (exact) mass is 444 g/mol. The van der Waals surface area contributed by atoms with Gasteiger partial charge >= 0.3 is 12.0 Å². The molecule has 0 saturated carbocycles. The highest BCUT2D eigenvalue weighted by molar-refractivity contribution is 6.30. The van der Waals surface area contributed by atoms with Crippen LogP contribution in [0.4, 0.5) is 4.79 Å². The summed E-state index contributed by atoms with van der Waals surface area (Å²) in [5.74, 6) is 0.552. The summed E-state index contributed by atoms with van der Waals surface area (Å²) >= 11 is 6.04. The van der Waals surface area contributed by atoms with Gasteiger partial charge in [-0.25, -0.2) is 9.59 Å². The number of halogens is 1. The zero-order valence-electron chi connectivity index (χ0n) is 17.7. The zero-order valence-corrected chi connectivity index (χ0v) is 18.4. The minimum absolute atomic E-state index is 0.317. The van der Waals surface area contributed by atoms with Gasteiger partial charge in [0.1, 0.15) is 6.61 Å². The molecule has 0 bridgehead atoms. The molecule has 0 spiro atoms. The number of rotatable bonds is 8. The second kappa shape index (κ2) is 10.2. The molecule has 1 aliphatic heterocycles.